The van der Waals surface area contributed by atoms with Crippen LogP contribution in [0.5, 0.6) is 5.75 Å². The molecule has 2 aromatic carbocycles. The summed E-state index contributed by atoms with van der Waals surface area (Å²) >= 11 is 1.43. The molecule has 5 rings (SSSR count). The van der Waals surface area contributed by atoms with Crippen molar-refractivity contribution in [1.29, 1.82) is 0 Å². The molecule has 34 heavy (non-hydrogen) atoms. The molecule has 170 valence electrons. The van der Waals surface area contributed by atoms with Crippen molar-refractivity contribution < 1.29 is 13.9 Å². The van der Waals surface area contributed by atoms with Gasteiger partial charge in [0.15, 0.2) is 0 Å². The molecule has 0 radical (unpaired) electrons. The molecule has 0 bridgehead atoms. The Balaban J connectivity index is 1.39. The lowest BCUT2D eigenvalue weighted by Gasteiger charge is -2.12. The number of ether oxygens (including phenoxy) is 1. The largest absolute Gasteiger partial charge is 0.463 e. The predicted octanol–water partition coefficient (Wildman–Crippen LogP) is 4.99. The number of amides is 1. The molecule has 0 spiro atoms. The van der Waals surface area contributed by atoms with Gasteiger partial charge in [0.05, 0.1) is 22.5 Å². The van der Waals surface area contributed by atoms with Crippen LogP contribution in [0, 0.1) is 0 Å². The first-order valence-electron chi connectivity index (χ1n) is 10.3. The van der Waals surface area contributed by atoms with Crippen LogP contribution in [0.25, 0.3) is 21.0 Å². The van der Waals surface area contributed by atoms with E-state index in [9.17, 15) is 9.18 Å². The van der Waals surface area contributed by atoms with Crippen molar-refractivity contribution in [3.8, 4) is 5.75 Å². The summed E-state index contributed by atoms with van der Waals surface area (Å²) in [6, 6.07) is 16.3. The van der Waals surface area contributed by atoms with Crippen LogP contribution < -0.4 is 21.1 Å². The van der Waals surface area contributed by atoms with Crippen molar-refractivity contribution in [1.82, 2.24) is 15.0 Å². The van der Waals surface area contributed by atoms with Crippen molar-refractivity contribution in [2.45, 2.75) is 6.54 Å². The number of halogens is 1. The second-order valence-electron chi connectivity index (χ2n) is 7.31. The number of fused-ring (bicyclic) bond motifs is 2. The Kier molecular flexibility index (Phi) is 5.88. The summed E-state index contributed by atoms with van der Waals surface area (Å²) in [5, 5.41) is 9.72. The summed E-state index contributed by atoms with van der Waals surface area (Å²) in [6.07, 6.45) is 1.68. The molecule has 0 atom stereocenters. The third-order valence-electron chi connectivity index (χ3n) is 5.18. The predicted molar refractivity (Wildman–Crippen MR) is 132 cm³/mol. The second-order valence-corrected chi connectivity index (χ2v) is 8.23. The van der Waals surface area contributed by atoms with Crippen molar-refractivity contribution in [3.63, 3.8) is 0 Å². The third-order valence-corrected chi connectivity index (χ3v) is 6.11. The molecule has 0 aliphatic rings. The van der Waals surface area contributed by atoms with Crippen molar-refractivity contribution in [3.05, 3.63) is 77.7 Å². The van der Waals surface area contributed by atoms with Gasteiger partial charge in [-0.3, -0.25) is 9.78 Å². The molecule has 10 heteroatoms. The number of benzene rings is 2. The van der Waals surface area contributed by atoms with Crippen molar-refractivity contribution in [2.75, 3.05) is 23.2 Å². The molecule has 0 fully saturated rings. The molecule has 8 nitrogen and oxygen atoms in total. The van der Waals surface area contributed by atoms with Gasteiger partial charge in [0, 0.05) is 34.4 Å². The number of nitrogen functional groups attached to an aromatic ring is 1. The fourth-order valence-corrected chi connectivity index (χ4v) is 4.36. The fraction of sp³-hybridized carbons (Fsp3) is 0.0833. The van der Waals surface area contributed by atoms with Gasteiger partial charge >= 0.3 is 0 Å². The summed E-state index contributed by atoms with van der Waals surface area (Å²) in [5.74, 6) is 0.272. The highest BCUT2D eigenvalue weighted by molar-refractivity contribution is 7.17. The lowest BCUT2D eigenvalue weighted by Crippen LogP contribution is -2.16. The number of carbonyl (C=O) groups is 1. The number of rotatable bonds is 7. The highest BCUT2D eigenvalue weighted by atomic mass is 32.1. The van der Waals surface area contributed by atoms with Crippen LogP contribution in [0.15, 0.2) is 66.2 Å². The Hall–Kier alpha value is -4.31. The summed E-state index contributed by atoms with van der Waals surface area (Å²) in [7, 11) is 0. The number of nitrogens with one attached hydrogen (secondary N) is 2. The molecule has 4 N–H and O–H groups in total. The Morgan fingerprint density at radius 3 is 2.85 bits per heavy atom. The Labute approximate surface area is 197 Å². The summed E-state index contributed by atoms with van der Waals surface area (Å²) in [6.45, 7) is -0.468. The van der Waals surface area contributed by atoms with Crippen LogP contribution in [-0.4, -0.2) is 27.7 Å². The van der Waals surface area contributed by atoms with E-state index in [0.29, 0.717) is 23.5 Å². The van der Waals surface area contributed by atoms with E-state index in [1.807, 2.05) is 35.7 Å². The van der Waals surface area contributed by atoms with E-state index in [1.165, 1.54) is 11.3 Å². The highest BCUT2D eigenvalue weighted by Crippen LogP contribution is 2.27. The second kappa shape index (κ2) is 9.28. The van der Waals surface area contributed by atoms with E-state index in [2.05, 4.69) is 25.6 Å². The zero-order valence-electron chi connectivity index (χ0n) is 17.8. The number of carbonyl (C=O) groups excluding carboxylic acids is 1. The van der Waals surface area contributed by atoms with E-state index in [4.69, 9.17) is 10.5 Å². The Morgan fingerprint density at radius 1 is 1.09 bits per heavy atom. The number of aromatic nitrogens is 3. The molecule has 3 aromatic heterocycles. The summed E-state index contributed by atoms with van der Waals surface area (Å²) in [4.78, 5) is 25.9. The number of alkyl halides is 1. The van der Waals surface area contributed by atoms with E-state index in [0.717, 1.165) is 26.9 Å². The molecule has 0 saturated carbocycles. The topological polar surface area (TPSA) is 115 Å². The SMILES string of the molecule is Nc1nc(C(=O)Nc2cccc3c(CNc4cccc(OCF)c4)nccc23)nc2ccsc12. The molecule has 0 saturated heterocycles. The van der Waals surface area contributed by atoms with Crippen LogP contribution in [0.3, 0.4) is 0 Å². The van der Waals surface area contributed by atoms with Gasteiger partial charge in [0.1, 0.15) is 11.6 Å². The van der Waals surface area contributed by atoms with Crippen molar-refractivity contribution in [2.24, 2.45) is 0 Å². The van der Waals surface area contributed by atoms with E-state index >= 15 is 0 Å². The zero-order valence-corrected chi connectivity index (χ0v) is 18.6. The molecule has 3 heterocycles. The van der Waals surface area contributed by atoms with Gasteiger partial charge in [-0.15, -0.1) is 11.3 Å². The van der Waals surface area contributed by atoms with E-state index in [-0.39, 0.29) is 11.6 Å². The van der Waals surface area contributed by atoms with Gasteiger partial charge in [-0.25, -0.2) is 14.4 Å². The third kappa shape index (κ3) is 4.30. The molecular formula is C24H19FN6O2S. The van der Waals surface area contributed by atoms with Gasteiger partial charge in [0.25, 0.3) is 5.91 Å². The number of anilines is 3. The number of thiophene rings is 1. The average molecular weight is 475 g/mol. The molecule has 5 aromatic rings. The normalized spacial score (nSPS) is 11.0. The number of hydrogen-bond donors (Lipinski definition) is 3. The molecule has 0 aliphatic heterocycles. The molecular weight excluding hydrogens is 455 g/mol. The van der Waals surface area contributed by atoms with Crippen molar-refractivity contribution >= 4 is 55.4 Å². The molecule has 0 aliphatic carbocycles. The smallest absolute Gasteiger partial charge is 0.293 e. The van der Waals surface area contributed by atoms with Gasteiger partial charge in [-0.05, 0) is 35.7 Å². The number of nitrogens with two attached hydrogens (primary N) is 1. The van der Waals surface area contributed by atoms with E-state index in [1.54, 1.807) is 30.5 Å². The number of nitrogens with zero attached hydrogens (tertiary/aromatic N) is 3. The van der Waals surface area contributed by atoms with Gasteiger partial charge in [0.2, 0.25) is 12.7 Å². The lowest BCUT2D eigenvalue weighted by molar-refractivity contribution is 0.101. The first kappa shape index (κ1) is 21.5. The first-order valence-corrected chi connectivity index (χ1v) is 11.2. The number of pyridine rings is 1. The lowest BCUT2D eigenvalue weighted by atomic mass is 10.1. The maximum atomic E-state index is 12.9. The summed E-state index contributed by atoms with van der Waals surface area (Å²) < 4.78 is 18.1. The van der Waals surface area contributed by atoms with Crippen LogP contribution in [-0.2, 0) is 6.54 Å². The number of hydrogen-bond acceptors (Lipinski definition) is 8. The average Bonchev–Trinajstić information content (AvgIpc) is 3.33. The van der Waals surface area contributed by atoms with Crippen LogP contribution in [0.1, 0.15) is 16.3 Å². The molecule has 0 unspecified atom stereocenters. The maximum absolute atomic E-state index is 12.9. The quantitative estimate of drug-likeness (QED) is 0.304. The van der Waals surface area contributed by atoms with Gasteiger partial charge in [-0.2, -0.15) is 0 Å². The Bertz CT molecular complexity index is 1510. The van der Waals surface area contributed by atoms with Crippen LogP contribution in [0.2, 0.25) is 0 Å². The summed E-state index contributed by atoms with van der Waals surface area (Å²) in [5.41, 5.74) is 8.79. The maximum Gasteiger partial charge on any atom is 0.293 e. The minimum atomic E-state index is -0.887. The minimum Gasteiger partial charge on any atom is -0.463 e. The highest BCUT2D eigenvalue weighted by Gasteiger charge is 2.15. The standard InChI is InChI=1S/C24H19FN6O2S/c25-13-33-15-4-1-3-14(11-15)28-12-20-16-5-2-6-18(17(16)7-9-27-20)30-24(32)23-29-19-8-10-34-21(19)22(26)31-23/h1-11,28H,12-13H2,(H,30,32)(H2,26,29,31). The fourth-order valence-electron chi connectivity index (χ4n) is 3.63. The monoisotopic (exact) mass is 474 g/mol. The molecule has 1 amide bonds. The minimum absolute atomic E-state index is 0.00623. The van der Waals surface area contributed by atoms with E-state index < -0.39 is 12.8 Å². The van der Waals surface area contributed by atoms with Gasteiger partial charge < -0.3 is 21.1 Å². The first-order chi connectivity index (χ1) is 16.6. The van der Waals surface area contributed by atoms with Gasteiger partial charge in [-0.1, -0.05) is 18.2 Å². The van der Waals surface area contributed by atoms with Crippen LogP contribution >= 0.6 is 11.3 Å². The van der Waals surface area contributed by atoms with Crippen LogP contribution in [0.4, 0.5) is 21.6 Å². The zero-order chi connectivity index (χ0) is 23.5. The Morgan fingerprint density at radius 2 is 1.97 bits per heavy atom.